The van der Waals surface area contributed by atoms with Gasteiger partial charge < -0.3 is 10.2 Å². The lowest BCUT2D eigenvalue weighted by molar-refractivity contribution is -0.384. The van der Waals surface area contributed by atoms with Crippen molar-refractivity contribution in [3.05, 3.63) is 70.3 Å². The number of nitro groups is 1. The summed E-state index contributed by atoms with van der Waals surface area (Å²) in [5.41, 5.74) is 2.02. The Morgan fingerprint density at radius 2 is 1.67 bits per heavy atom. The summed E-state index contributed by atoms with van der Waals surface area (Å²) in [5.74, 6) is -0.217. The van der Waals surface area contributed by atoms with Crippen LogP contribution in [0.25, 0.3) is 0 Å². The molecule has 2 aromatic carbocycles. The molecule has 1 saturated heterocycles. The first-order valence-electron chi connectivity index (χ1n) is 9.98. The van der Waals surface area contributed by atoms with E-state index in [9.17, 15) is 19.7 Å². The first-order valence-corrected chi connectivity index (χ1v) is 9.98. The van der Waals surface area contributed by atoms with Crippen LogP contribution in [0.2, 0.25) is 0 Å². The summed E-state index contributed by atoms with van der Waals surface area (Å²) < 4.78 is 0. The molecule has 0 bridgehead atoms. The lowest BCUT2D eigenvalue weighted by Crippen LogP contribution is -2.51. The van der Waals surface area contributed by atoms with Gasteiger partial charge in [-0.2, -0.15) is 0 Å². The maximum absolute atomic E-state index is 12.5. The Morgan fingerprint density at radius 1 is 1.03 bits per heavy atom. The number of hydrogen-bond acceptors (Lipinski definition) is 6. The quantitative estimate of drug-likeness (QED) is 0.529. The van der Waals surface area contributed by atoms with E-state index >= 15 is 0 Å². The number of ketones is 1. The van der Waals surface area contributed by atoms with Gasteiger partial charge in [-0.3, -0.25) is 24.6 Å². The molecule has 0 spiro atoms. The number of nitrogens with one attached hydrogen (secondary N) is 1. The molecular weight excluding hydrogens is 384 g/mol. The van der Waals surface area contributed by atoms with Crippen LogP contribution in [-0.4, -0.2) is 60.3 Å². The topological polar surface area (TPSA) is 95.8 Å². The minimum atomic E-state index is -0.527. The van der Waals surface area contributed by atoms with Crippen molar-refractivity contribution in [3.63, 3.8) is 0 Å². The zero-order valence-corrected chi connectivity index (χ0v) is 17.0. The number of carbonyl (C=O) groups is 2. The Hall–Kier alpha value is -3.26. The number of benzene rings is 2. The average molecular weight is 410 g/mol. The molecule has 8 heteroatoms. The van der Waals surface area contributed by atoms with Crippen LogP contribution < -0.4 is 10.2 Å². The highest BCUT2D eigenvalue weighted by molar-refractivity contribution is 5.88. The second kappa shape index (κ2) is 9.98. The zero-order valence-electron chi connectivity index (χ0n) is 17.0. The molecule has 1 heterocycles. The number of anilines is 1. The second-order valence-corrected chi connectivity index (χ2v) is 7.46. The average Bonchev–Trinajstić information content (AvgIpc) is 2.74. The van der Waals surface area contributed by atoms with Crippen molar-refractivity contribution < 1.29 is 14.5 Å². The maximum Gasteiger partial charge on any atom is 0.269 e. The van der Waals surface area contributed by atoms with Crippen LogP contribution in [0.5, 0.6) is 0 Å². The van der Waals surface area contributed by atoms with E-state index in [0.717, 1.165) is 24.3 Å². The minimum absolute atomic E-state index is 0.0600. The van der Waals surface area contributed by atoms with E-state index in [1.807, 2.05) is 30.3 Å². The highest BCUT2D eigenvalue weighted by atomic mass is 16.6. The van der Waals surface area contributed by atoms with Crippen LogP contribution in [0, 0.1) is 10.1 Å². The highest BCUT2D eigenvalue weighted by Gasteiger charge is 2.22. The summed E-state index contributed by atoms with van der Waals surface area (Å²) in [5, 5.41) is 13.6. The van der Waals surface area contributed by atoms with E-state index in [-0.39, 0.29) is 23.9 Å². The third kappa shape index (κ3) is 5.87. The van der Waals surface area contributed by atoms with Gasteiger partial charge in [-0.05, 0) is 31.0 Å². The van der Waals surface area contributed by atoms with Gasteiger partial charge >= 0.3 is 0 Å². The molecule has 2 aromatic rings. The van der Waals surface area contributed by atoms with E-state index in [2.05, 4.69) is 15.1 Å². The van der Waals surface area contributed by atoms with Crippen molar-refractivity contribution in [1.29, 1.82) is 0 Å². The van der Waals surface area contributed by atoms with E-state index in [4.69, 9.17) is 0 Å². The predicted molar refractivity (Wildman–Crippen MR) is 115 cm³/mol. The summed E-state index contributed by atoms with van der Waals surface area (Å²) in [6.45, 7) is 4.60. The van der Waals surface area contributed by atoms with Crippen LogP contribution in [0.3, 0.4) is 0 Å². The van der Waals surface area contributed by atoms with Crippen LogP contribution in [0.4, 0.5) is 11.4 Å². The van der Waals surface area contributed by atoms with Gasteiger partial charge in [0.05, 0.1) is 17.5 Å². The van der Waals surface area contributed by atoms with Crippen LogP contribution >= 0.6 is 0 Å². The first kappa shape index (κ1) is 21.4. The van der Waals surface area contributed by atoms with Gasteiger partial charge in [0.25, 0.3) is 5.69 Å². The molecule has 0 unspecified atom stereocenters. The molecule has 0 aliphatic carbocycles. The number of nitro benzene ring substituents is 1. The fourth-order valence-corrected chi connectivity index (χ4v) is 3.54. The van der Waals surface area contributed by atoms with Crippen molar-refractivity contribution in [1.82, 2.24) is 10.2 Å². The molecule has 3 rings (SSSR count). The smallest absolute Gasteiger partial charge is 0.269 e. The van der Waals surface area contributed by atoms with Crippen LogP contribution in [0.15, 0.2) is 54.6 Å². The predicted octanol–water partition coefficient (Wildman–Crippen LogP) is 2.03. The van der Waals surface area contributed by atoms with Gasteiger partial charge in [-0.1, -0.05) is 30.3 Å². The van der Waals surface area contributed by atoms with Gasteiger partial charge in [0.2, 0.25) is 5.91 Å². The van der Waals surface area contributed by atoms with Gasteiger partial charge in [-0.25, -0.2) is 0 Å². The number of hydrogen-bond donors (Lipinski definition) is 1. The number of nitrogens with zero attached hydrogens (tertiary/aromatic N) is 3. The molecule has 158 valence electrons. The molecule has 1 aliphatic heterocycles. The number of rotatable bonds is 8. The van der Waals surface area contributed by atoms with Crippen LogP contribution in [-0.2, 0) is 16.0 Å². The third-order valence-corrected chi connectivity index (χ3v) is 5.27. The maximum atomic E-state index is 12.5. The van der Waals surface area contributed by atoms with E-state index in [1.165, 1.54) is 19.1 Å². The van der Waals surface area contributed by atoms with E-state index in [0.29, 0.717) is 19.5 Å². The molecular formula is C22H26N4O4. The summed E-state index contributed by atoms with van der Waals surface area (Å²) >= 11 is 0. The van der Waals surface area contributed by atoms with Gasteiger partial charge in [0, 0.05) is 44.0 Å². The Morgan fingerprint density at radius 3 is 2.23 bits per heavy atom. The first-order chi connectivity index (χ1) is 14.4. The van der Waals surface area contributed by atoms with Gasteiger partial charge in [0.1, 0.15) is 0 Å². The van der Waals surface area contributed by atoms with Crippen molar-refractivity contribution >= 4 is 23.1 Å². The lowest BCUT2D eigenvalue weighted by Gasteiger charge is -2.35. The normalized spacial score (nSPS) is 15.4. The van der Waals surface area contributed by atoms with E-state index in [1.54, 1.807) is 12.1 Å². The molecule has 1 aliphatic rings. The number of carbonyl (C=O) groups excluding carboxylic acids is 2. The molecule has 30 heavy (non-hydrogen) atoms. The molecule has 8 nitrogen and oxygen atoms in total. The summed E-state index contributed by atoms with van der Waals surface area (Å²) in [4.78, 5) is 39.0. The van der Waals surface area contributed by atoms with Crippen molar-refractivity contribution in [2.75, 3.05) is 37.6 Å². The lowest BCUT2D eigenvalue weighted by atomic mass is 10.0. The Balaban J connectivity index is 1.48. The van der Waals surface area contributed by atoms with Crippen LogP contribution in [0.1, 0.15) is 12.5 Å². The number of non-ortho nitro benzene ring substituents is 1. The zero-order chi connectivity index (χ0) is 21.5. The number of Topliss-reactive ketones (excluding diaryl/α,β-unsaturated/α-hetero) is 1. The standard InChI is InChI=1S/C22H26N4O4/c1-17(27)21(15-18-5-3-2-4-6-18)23-22(28)16-24-11-13-25(14-12-24)19-7-9-20(10-8-19)26(29)30/h2-10,21H,11-16H2,1H3,(H,23,28)/t21-/m1/s1. The number of piperazine rings is 1. The van der Waals surface area contributed by atoms with E-state index < -0.39 is 11.0 Å². The second-order valence-electron chi connectivity index (χ2n) is 7.46. The van der Waals surface area contributed by atoms with Gasteiger partial charge in [-0.15, -0.1) is 0 Å². The van der Waals surface area contributed by atoms with Crippen molar-refractivity contribution in [3.8, 4) is 0 Å². The summed E-state index contributed by atoms with van der Waals surface area (Å²) in [6.07, 6.45) is 0.482. The van der Waals surface area contributed by atoms with Gasteiger partial charge in [0.15, 0.2) is 5.78 Å². The monoisotopic (exact) mass is 410 g/mol. The third-order valence-electron chi connectivity index (χ3n) is 5.27. The Kier molecular flexibility index (Phi) is 7.13. The molecule has 1 amide bonds. The van der Waals surface area contributed by atoms with Crippen molar-refractivity contribution in [2.24, 2.45) is 0 Å². The highest BCUT2D eigenvalue weighted by Crippen LogP contribution is 2.20. The fraction of sp³-hybridized carbons (Fsp3) is 0.364. The molecule has 1 N–H and O–H groups in total. The SMILES string of the molecule is CC(=O)[C@@H](Cc1ccccc1)NC(=O)CN1CCN(c2ccc([N+](=O)[O-])cc2)CC1. The molecule has 0 saturated carbocycles. The molecule has 1 atom stereocenters. The molecule has 0 aromatic heterocycles. The summed E-state index contributed by atoms with van der Waals surface area (Å²) in [7, 11) is 0. The minimum Gasteiger partial charge on any atom is -0.369 e. The fourth-order valence-electron chi connectivity index (χ4n) is 3.54. The Bertz CT molecular complexity index is 878. The molecule has 1 fully saturated rings. The number of amides is 1. The Labute approximate surface area is 175 Å². The van der Waals surface area contributed by atoms with Crippen molar-refractivity contribution in [2.45, 2.75) is 19.4 Å². The summed E-state index contributed by atoms with van der Waals surface area (Å²) in [6, 6.07) is 15.6. The molecule has 0 radical (unpaired) electrons. The largest absolute Gasteiger partial charge is 0.369 e.